The molecule has 1 atom stereocenters. The third-order valence-electron chi connectivity index (χ3n) is 4.05. The maximum Gasteiger partial charge on any atom is 0.156 e. The molecule has 5 nitrogen and oxygen atoms in total. The van der Waals surface area contributed by atoms with Gasteiger partial charge in [-0.2, -0.15) is 5.10 Å². The second kappa shape index (κ2) is 5.32. The summed E-state index contributed by atoms with van der Waals surface area (Å²) in [7, 11) is 0. The molecule has 3 heterocycles. The minimum atomic E-state index is 0.394. The molecular weight excluding hydrogens is 252 g/mol. The highest BCUT2D eigenvalue weighted by Gasteiger charge is 2.25. The molecule has 1 aliphatic rings. The monoisotopic (exact) mass is 272 g/mol. The number of hydrogen-bond acceptors (Lipinski definition) is 4. The molecule has 2 aromatic rings. The van der Waals surface area contributed by atoms with Crippen molar-refractivity contribution in [1.29, 1.82) is 0 Å². The summed E-state index contributed by atoms with van der Waals surface area (Å²) >= 11 is 0. The van der Waals surface area contributed by atoms with Gasteiger partial charge < -0.3 is 4.90 Å². The van der Waals surface area contributed by atoms with Gasteiger partial charge >= 0.3 is 0 Å². The molecule has 0 N–H and O–H groups in total. The Balaban J connectivity index is 1.88. The third kappa shape index (κ3) is 2.45. The first-order valence-corrected chi connectivity index (χ1v) is 7.23. The van der Waals surface area contributed by atoms with E-state index in [0.29, 0.717) is 17.5 Å². The van der Waals surface area contributed by atoms with Gasteiger partial charge in [0.25, 0.3) is 0 Å². The molecule has 0 aromatic carbocycles. The van der Waals surface area contributed by atoms with Crippen LogP contribution in [0.3, 0.4) is 0 Å². The van der Waals surface area contributed by atoms with Crippen molar-refractivity contribution >= 4 is 11.9 Å². The van der Waals surface area contributed by atoms with E-state index in [4.69, 9.17) is 0 Å². The van der Waals surface area contributed by atoms with E-state index in [1.165, 1.54) is 6.42 Å². The molecule has 0 radical (unpaired) electrons. The molecule has 1 fully saturated rings. The molecule has 1 aliphatic heterocycles. The number of pyridine rings is 1. The van der Waals surface area contributed by atoms with Gasteiger partial charge in [-0.25, -0.2) is 9.50 Å². The number of likely N-dealkylation sites (tertiary alicyclic amines) is 1. The highest BCUT2D eigenvalue weighted by molar-refractivity contribution is 5.74. The lowest BCUT2D eigenvalue weighted by Crippen LogP contribution is -2.39. The van der Waals surface area contributed by atoms with Crippen LogP contribution in [0.1, 0.15) is 48.8 Å². The van der Waals surface area contributed by atoms with Crippen molar-refractivity contribution in [2.24, 2.45) is 0 Å². The average Bonchev–Trinajstić information content (AvgIpc) is 2.90. The van der Waals surface area contributed by atoms with E-state index in [-0.39, 0.29) is 0 Å². The SMILES string of the molecule is CC(C)N1CCCC(c2nc3ccc(C=O)cn3n2)C1. The molecule has 1 saturated heterocycles. The van der Waals surface area contributed by atoms with Gasteiger partial charge in [-0.1, -0.05) is 0 Å². The highest BCUT2D eigenvalue weighted by atomic mass is 16.1. The van der Waals surface area contributed by atoms with Crippen molar-refractivity contribution in [3.8, 4) is 0 Å². The largest absolute Gasteiger partial charge is 0.300 e. The predicted molar refractivity (Wildman–Crippen MR) is 77.1 cm³/mol. The van der Waals surface area contributed by atoms with E-state index < -0.39 is 0 Å². The minimum absolute atomic E-state index is 0.394. The molecule has 0 bridgehead atoms. The Morgan fingerprint density at radius 2 is 2.25 bits per heavy atom. The summed E-state index contributed by atoms with van der Waals surface area (Å²) in [5.74, 6) is 1.30. The Bertz CT molecular complexity index is 619. The first-order chi connectivity index (χ1) is 9.67. The van der Waals surface area contributed by atoms with Crippen molar-refractivity contribution in [2.45, 2.75) is 38.6 Å². The lowest BCUT2D eigenvalue weighted by atomic mass is 9.96. The van der Waals surface area contributed by atoms with Crippen LogP contribution in [0, 0.1) is 0 Å². The van der Waals surface area contributed by atoms with Gasteiger partial charge in [0, 0.05) is 30.3 Å². The molecule has 1 unspecified atom stereocenters. The fourth-order valence-corrected chi connectivity index (χ4v) is 2.85. The number of nitrogens with zero attached hydrogens (tertiary/aromatic N) is 4. The van der Waals surface area contributed by atoms with Crippen molar-refractivity contribution < 1.29 is 4.79 Å². The van der Waals surface area contributed by atoms with E-state index in [1.807, 2.05) is 6.07 Å². The predicted octanol–water partition coefficient (Wildman–Crippen LogP) is 2.13. The molecule has 0 aliphatic carbocycles. The molecule has 0 amide bonds. The Kier molecular flexibility index (Phi) is 3.53. The maximum absolute atomic E-state index is 10.8. The van der Waals surface area contributed by atoms with Gasteiger partial charge in [0.2, 0.25) is 0 Å². The van der Waals surface area contributed by atoms with Gasteiger partial charge in [-0.15, -0.1) is 0 Å². The fourth-order valence-electron chi connectivity index (χ4n) is 2.85. The van der Waals surface area contributed by atoms with Crippen LogP contribution in [0.25, 0.3) is 5.65 Å². The molecule has 5 heteroatoms. The van der Waals surface area contributed by atoms with Crippen LogP contribution in [0.4, 0.5) is 0 Å². The van der Waals surface area contributed by atoms with Crippen LogP contribution < -0.4 is 0 Å². The van der Waals surface area contributed by atoms with Crippen LogP contribution in [0.15, 0.2) is 18.3 Å². The van der Waals surface area contributed by atoms with Crippen LogP contribution in [0.5, 0.6) is 0 Å². The van der Waals surface area contributed by atoms with Crippen LogP contribution >= 0.6 is 0 Å². The number of aromatic nitrogens is 3. The molecule has 20 heavy (non-hydrogen) atoms. The molecule has 0 spiro atoms. The smallest absolute Gasteiger partial charge is 0.156 e. The van der Waals surface area contributed by atoms with Crippen molar-refractivity contribution in [3.05, 3.63) is 29.7 Å². The molecule has 106 valence electrons. The van der Waals surface area contributed by atoms with Crippen LogP contribution in [-0.2, 0) is 0 Å². The number of hydrogen-bond donors (Lipinski definition) is 0. The average molecular weight is 272 g/mol. The topological polar surface area (TPSA) is 50.5 Å². The van der Waals surface area contributed by atoms with Gasteiger partial charge in [0.05, 0.1) is 0 Å². The van der Waals surface area contributed by atoms with E-state index in [0.717, 1.165) is 37.3 Å². The Morgan fingerprint density at radius 3 is 3.00 bits per heavy atom. The minimum Gasteiger partial charge on any atom is -0.300 e. The maximum atomic E-state index is 10.8. The number of piperidine rings is 1. The second-order valence-corrected chi connectivity index (χ2v) is 5.78. The number of fused-ring (bicyclic) bond motifs is 1. The summed E-state index contributed by atoms with van der Waals surface area (Å²) in [5.41, 5.74) is 1.44. The van der Waals surface area contributed by atoms with Crippen molar-refractivity contribution in [1.82, 2.24) is 19.5 Å². The summed E-state index contributed by atoms with van der Waals surface area (Å²) in [6, 6.07) is 4.20. The fraction of sp³-hybridized carbons (Fsp3) is 0.533. The highest BCUT2D eigenvalue weighted by Crippen LogP contribution is 2.26. The second-order valence-electron chi connectivity index (χ2n) is 5.78. The molecule has 3 rings (SSSR count). The van der Waals surface area contributed by atoms with Crippen LogP contribution in [-0.4, -0.2) is 44.9 Å². The van der Waals surface area contributed by atoms with Gasteiger partial charge in [-0.3, -0.25) is 4.79 Å². The van der Waals surface area contributed by atoms with Crippen molar-refractivity contribution in [2.75, 3.05) is 13.1 Å². The Morgan fingerprint density at radius 1 is 1.40 bits per heavy atom. The first-order valence-electron chi connectivity index (χ1n) is 7.23. The zero-order chi connectivity index (χ0) is 14.1. The van der Waals surface area contributed by atoms with E-state index >= 15 is 0 Å². The molecule has 2 aromatic heterocycles. The van der Waals surface area contributed by atoms with E-state index in [2.05, 4.69) is 28.8 Å². The molecular formula is C15H20N4O. The quantitative estimate of drug-likeness (QED) is 0.803. The Hall–Kier alpha value is -1.75. The summed E-state index contributed by atoms with van der Waals surface area (Å²) in [5, 5.41) is 4.56. The number of carbonyl (C=O) groups is 1. The standard InChI is InChI=1S/C15H20N4O/c1-11(2)18-7-3-4-13(9-18)15-16-14-6-5-12(10-20)8-19(14)17-15/h5-6,8,10-11,13H,3-4,7,9H2,1-2H3. The lowest BCUT2D eigenvalue weighted by molar-refractivity contribution is 0.112. The first kappa shape index (κ1) is 13.2. The number of aldehydes is 1. The number of rotatable bonds is 3. The summed E-state index contributed by atoms with van der Waals surface area (Å²) in [6.07, 6.45) is 4.91. The van der Waals surface area contributed by atoms with Gasteiger partial charge in [0.15, 0.2) is 17.8 Å². The summed E-state index contributed by atoms with van der Waals surface area (Å²) < 4.78 is 1.72. The zero-order valence-electron chi connectivity index (χ0n) is 12.0. The number of carbonyl (C=O) groups excluding carboxylic acids is 1. The zero-order valence-corrected chi connectivity index (χ0v) is 12.0. The van der Waals surface area contributed by atoms with E-state index in [1.54, 1.807) is 16.8 Å². The normalized spacial score (nSPS) is 20.6. The van der Waals surface area contributed by atoms with Crippen LogP contribution in [0.2, 0.25) is 0 Å². The summed E-state index contributed by atoms with van der Waals surface area (Å²) in [4.78, 5) is 17.9. The summed E-state index contributed by atoms with van der Waals surface area (Å²) in [6.45, 7) is 6.65. The van der Waals surface area contributed by atoms with Crippen molar-refractivity contribution in [3.63, 3.8) is 0 Å². The van der Waals surface area contributed by atoms with E-state index in [9.17, 15) is 4.79 Å². The molecule has 0 saturated carbocycles. The Labute approximate surface area is 118 Å². The third-order valence-corrected chi connectivity index (χ3v) is 4.05. The lowest BCUT2D eigenvalue weighted by Gasteiger charge is -2.34. The van der Waals surface area contributed by atoms with Gasteiger partial charge in [0.1, 0.15) is 0 Å². The van der Waals surface area contributed by atoms with Gasteiger partial charge in [-0.05, 0) is 45.4 Å².